The highest BCUT2D eigenvalue weighted by atomic mass is 127. The van der Waals surface area contributed by atoms with Crippen LogP contribution in [0.15, 0.2) is 35.3 Å². The number of likely N-dealkylation sites (tertiary alicyclic amines) is 1. The number of rotatable bonds is 8. The van der Waals surface area contributed by atoms with E-state index in [1.807, 2.05) is 44.2 Å². The van der Waals surface area contributed by atoms with Crippen LogP contribution in [0.5, 0.6) is 0 Å². The topological polar surface area (TPSA) is 83.0 Å². The molecule has 1 atom stereocenters. The maximum absolute atomic E-state index is 12.2. The summed E-state index contributed by atoms with van der Waals surface area (Å²) in [6.45, 7) is 6.87. The summed E-state index contributed by atoms with van der Waals surface area (Å²) in [6, 6.07) is 10.1. The highest BCUT2D eigenvalue weighted by molar-refractivity contribution is 14.0. The van der Waals surface area contributed by atoms with Crippen molar-refractivity contribution in [2.24, 2.45) is 4.99 Å². The number of carbonyl (C=O) groups excluding carboxylic acids is 1. The van der Waals surface area contributed by atoms with Gasteiger partial charge in [0.25, 0.3) is 0 Å². The lowest BCUT2D eigenvalue weighted by molar-refractivity contribution is 0.0963. The van der Waals surface area contributed by atoms with Crippen LogP contribution in [0, 0.1) is 0 Å². The van der Waals surface area contributed by atoms with Crippen LogP contribution >= 0.6 is 24.0 Å². The lowest BCUT2D eigenvalue weighted by atomic mass is 10.1. The summed E-state index contributed by atoms with van der Waals surface area (Å²) < 4.78 is 17.3. The average molecular weight is 536 g/mol. The Morgan fingerprint density at radius 2 is 1.93 bits per heavy atom. The van der Waals surface area contributed by atoms with Crippen molar-refractivity contribution in [1.82, 2.24) is 15.5 Å². The van der Waals surface area contributed by atoms with Crippen LogP contribution in [-0.4, -0.2) is 65.7 Å². The van der Waals surface area contributed by atoms with Crippen molar-refractivity contribution < 1.29 is 13.7 Å². The molecule has 0 bridgehead atoms. The van der Waals surface area contributed by atoms with E-state index in [4.69, 9.17) is 4.74 Å². The third-order valence-corrected chi connectivity index (χ3v) is 5.76. The van der Waals surface area contributed by atoms with Gasteiger partial charge in [-0.05, 0) is 32.3 Å². The fraction of sp³-hybridized carbons (Fsp3) is 0.600. The van der Waals surface area contributed by atoms with Gasteiger partial charge in [-0.25, -0.2) is 4.79 Å². The first-order valence-corrected chi connectivity index (χ1v) is 11.5. The van der Waals surface area contributed by atoms with E-state index in [2.05, 4.69) is 15.6 Å². The first-order valence-electron chi connectivity index (χ1n) is 9.97. The minimum atomic E-state index is -0.931. The Balaban J connectivity index is 0.00000420. The van der Waals surface area contributed by atoms with Crippen LogP contribution in [-0.2, 0) is 21.3 Å². The van der Waals surface area contributed by atoms with Crippen molar-refractivity contribution in [2.75, 3.05) is 38.5 Å². The van der Waals surface area contributed by atoms with Crippen LogP contribution in [0.4, 0.5) is 4.79 Å². The number of nitrogens with zero attached hydrogens (tertiary/aromatic N) is 2. The molecule has 1 aromatic rings. The molecule has 0 spiro atoms. The van der Waals surface area contributed by atoms with E-state index in [1.54, 1.807) is 4.90 Å². The van der Waals surface area contributed by atoms with Crippen LogP contribution in [0.25, 0.3) is 0 Å². The van der Waals surface area contributed by atoms with Crippen molar-refractivity contribution in [3.8, 4) is 0 Å². The number of ether oxygens (including phenoxy) is 1. The second-order valence-electron chi connectivity index (χ2n) is 6.64. The van der Waals surface area contributed by atoms with Crippen molar-refractivity contribution in [3.63, 3.8) is 0 Å². The fourth-order valence-corrected chi connectivity index (χ4v) is 4.03. The molecule has 2 rings (SSSR count). The highest BCUT2D eigenvalue weighted by Gasteiger charge is 2.24. The quantitative estimate of drug-likeness (QED) is 0.304. The van der Waals surface area contributed by atoms with Gasteiger partial charge in [0, 0.05) is 48.0 Å². The monoisotopic (exact) mass is 536 g/mol. The van der Waals surface area contributed by atoms with Crippen molar-refractivity contribution in [1.29, 1.82) is 0 Å². The molecule has 0 aromatic heterocycles. The summed E-state index contributed by atoms with van der Waals surface area (Å²) >= 11 is 0. The van der Waals surface area contributed by atoms with Gasteiger partial charge in [-0.15, -0.1) is 24.0 Å². The summed E-state index contributed by atoms with van der Waals surface area (Å²) in [5, 5.41) is 6.68. The molecule has 164 valence electrons. The van der Waals surface area contributed by atoms with Gasteiger partial charge in [-0.2, -0.15) is 0 Å². The zero-order chi connectivity index (χ0) is 20.2. The molecule has 1 unspecified atom stereocenters. The maximum atomic E-state index is 12.2. The second-order valence-corrected chi connectivity index (χ2v) is 8.22. The Morgan fingerprint density at radius 3 is 2.55 bits per heavy atom. The molecule has 9 heteroatoms. The molecule has 1 amide bonds. The zero-order valence-corrected chi connectivity index (χ0v) is 20.4. The Hall–Kier alpha value is -1.36. The largest absolute Gasteiger partial charge is 0.450 e. The molecule has 1 aromatic carbocycles. The first-order chi connectivity index (χ1) is 13.6. The number of benzene rings is 1. The minimum absolute atomic E-state index is 0. The van der Waals surface area contributed by atoms with E-state index in [1.165, 1.54) is 0 Å². The average Bonchev–Trinajstić information content (AvgIpc) is 2.69. The van der Waals surface area contributed by atoms with Gasteiger partial charge < -0.3 is 20.3 Å². The number of aliphatic imine (C=N–C) groups is 1. The third kappa shape index (κ3) is 9.79. The van der Waals surface area contributed by atoms with Crippen molar-refractivity contribution >= 4 is 46.8 Å². The molecule has 1 aliphatic heterocycles. The summed E-state index contributed by atoms with van der Waals surface area (Å²) in [7, 11) is -0.931. The van der Waals surface area contributed by atoms with Gasteiger partial charge in [0.05, 0.1) is 13.2 Å². The summed E-state index contributed by atoms with van der Waals surface area (Å²) in [5.41, 5.74) is 1.09. The van der Waals surface area contributed by atoms with Gasteiger partial charge in [0.15, 0.2) is 5.96 Å². The fourth-order valence-electron chi connectivity index (χ4n) is 3.03. The standard InChI is InChI=1S/C20H32N4O3S.HI/c1-3-21-19(22-12-15-28(26)16-17-8-6-5-7-9-17)23-18-10-13-24(14-11-18)20(25)27-4-2;/h5-9,18H,3-4,10-16H2,1-2H3,(H2,21,22,23);1H. The van der Waals surface area contributed by atoms with E-state index in [9.17, 15) is 9.00 Å². The molecule has 1 aliphatic rings. The maximum Gasteiger partial charge on any atom is 0.409 e. The number of carbonyl (C=O) groups is 1. The van der Waals surface area contributed by atoms with E-state index in [-0.39, 0.29) is 36.1 Å². The van der Waals surface area contributed by atoms with Crippen LogP contribution in [0.2, 0.25) is 0 Å². The summed E-state index contributed by atoms with van der Waals surface area (Å²) in [5.74, 6) is 1.84. The predicted molar refractivity (Wildman–Crippen MR) is 129 cm³/mol. The van der Waals surface area contributed by atoms with Gasteiger partial charge in [0.1, 0.15) is 0 Å². The molecule has 0 radical (unpaired) electrons. The third-order valence-electron chi connectivity index (χ3n) is 4.47. The Bertz CT molecular complexity index is 652. The number of hydrogen-bond donors (Lipinski definition) is 2. The number of nitrogens with one attached hydrogen (secondary N) is 2. The van der Waals surface area contributed by atoms with Crippen molar-refractivity contribution in [2.45, 2.75) is 38.5 Å². The van der Waals surface area contributed by atoms with E-state index < -0.39 is 10.8 Å². The zero-order valence-electron chi connectivity index (χ0n) is 17.3. The molecular formula is C20H33IN4O3S. The van der Waals surface area contributed by atoms with Crippen LogP contribution < -0.4 is 10.6 Å². The summed E-state index contributed by atoms with van der Waals surface area (Å²) in [6.07, 6.45) is 1.47. The number of piperidine rings is 1. The predicted octanol–water partition coefficient (Wildman–Crippen LogP) is 2.73. The van der Waals surface area contributed by atoms with E-state index in [0.29, 0.717) is 37.7 Å². The van der Waals surface area contributed by atoms with Crippen LogP contribution in [0.3, 0.4) is 0 Å². The lowest BCUT2D eigenvalue weighted by Crippen LogP contribution is -2.50. The van der Waals surface area contributed by atoms with E-state index >= 15 is 0 Å². The molecular weight excluding hydrogens is 503 g/mol. The minimum Gasteiger partial charge on any atom is -0.450 e. The van der Waals surface area contributed by atoms with Gasteiger partial charge in [0.2, 0.25) is 0 Å². The second kappa shape index (κ2) is 14.6. The number of amides is 1. The first kappa shape index (κ1) is 25.7. The Kier molecular flexibility index (Phi) is 12.9. The molecule has 1 fully saturated rings. The molecule has 29 heavy (non-hydrogen) atoms. The van der Waals surface area contributed by atoms with Crippen LogP contribution in [0.1, 0.15) is 32.3 Å². The SMILES string of the molecule is CCNC(=NCCS(=O)Cc1ccccc1)NC1CCN(C(=O)OCC)CC1.I. The Morgan fingerprint density at radius 1 is 1.24 bits per heavy atom. The summed E-state index contributed by atoms with van der Waals surface area (Å²) in [4.78, 5) is 18.1. The lowest BCUT2D eigenvalue weighted by Gasteiger charge is -2.32. The molecule has 7 nitrogen and oxygen atoms in total. The number of halogens is 1. The molecule has 1 saturated heterocycles. The van der Waals surface area contributed by atoms with Gasteiger partial charge in [-0.1, -0.05) is 30.3 Å². The highest BCUT2D eigenvalue weighted by Crippen LogP contribution is 2.11. The van der Waals surface area contributed by atoms with Crippen molar-refractivity contribution in [3.05, 3.63) is 35.9 Å². The Labute approximate surface area is 193 Å². The molecule has 1 heterocycles. The molecule has 0 saturated carbocycles. The number of hydrogen-bond acceptors (Lipinski definition) is 4. The molecule has 2 N–H and O–H groups in total. The number of guanidine groups is 1. The smallest absolute Gasteiger partial charge is 0.409 e. The molecule has 0 aliphatic carbocycles. The van der Waals surface area contributed by atoms with E-state index in [0.717, 1.165) is 30.9 Å². The normalized spacial score (nSPS) is 15.9. The van der Waals surface area contributed by atoms with Gasteiger partial charge in [-0.3, -0.25) is 9.20 Å². The van der Waals surface area contributed by atoms with Gasteiger partial charge >= 0.3 is 6.09 Å².